The average Bonchev–Trinajstić information content (AvgIpc) is 2.57. The first-order chi connectivity index (χ1) is 12.3. The van der Waals surface area contributed by atoms with E-state index < -0.39 is 0 Å². The Bertz CT molecular complexity index is 392. The second-order valence-corrected chi connectivity index (χ2v) is 9.21. The standard InChI is InChI=1S/C22H44N2O2/c1-7-24(8-2)14-9-13-23-21(25)16-19(11-10-18(3)4)20-12-15-26-22(5,6)17-20/h18-20H,7-17H2,1-6H3,(H,23,25)/p+1/t19-,20+/m0/s1. The highest BCUT2D eigenvalue weighted by atomic mass is 16.5. The molecule has 0 radical (unpaired) electrons. The van der Waals surface area contributed by atoms with E-state index in [1.165, 1.54) is 19.5 Å². The van der Waals surface area contributed by atoms with Crippen molar-refractivity contribution in [3.63, 3.8) is 0 Å². The quantitative estimate of drug-likeness (QED) is 0.519. The molecule has 1 aliphatic heterocycles. The number of hydrogen-bond donors (Lipinski definition) is 2. The molecular weight excluding hydrogens is 324 g/mol. The van der Waals surface area contributed by atoms with Crippen molar-refractivity contribution in [2.45, 2.75) is 85.7 Å². The molecule has 154 valence electrons. The molecule has 2 atom stereocenters. The van der Waals surface area contributed by atoms with Gasteiger partial charge in [-0.15, -0.1) is 0 Å². The summed E-state index contributed by atoms with van der Waals surface area (Å²) in [4.78, 5) is 14.1. The summed E-state index contributed by atoms with van der Waals surface area (Å²) in [5.74, 6) is 2.06. The third-order valence-electron chi connectivity index (χ3n) is 5.99. The number of rotatable bonds is 12. The maximum Gasteiger partial charge on any atom is 0.220 e. The summed E-state index contributed by atoms with van der Waals surface area (Å²) >= 11 is 0. The van der Waals surface area contributed by atoms with Gasteiger partial charge in [-0.2, -0.15) is 0 Å². The topological polar surface area (TPSA) is 42.8 Å². The van der Waals surface area contributed by atoms with Gasteiger partial charge in [0, 0.05) is 26.0 Å². The summed E-state index contributed by atoms with van der Waals surface area (Å²) in [5.41, 5.74) is -0.0397. The Balaban J connectivity index is 2.47. The minimum Gasteiger partial charge on any atom is -0.376 e. The molecule has 26 heavy (non-hydrogen) atoms. The molecule has 4 heteroatoms. The summed E-state index contributed by atoms with van der Waals surface area (Å²) in [5, 5.41) is 3.18. The van der Waals surface area contributed by atoms with Crippen LogP contribution in [0.15, 0.2) is 0 Å². The van der Waals surface area contributed by atoms with Crippen molar-refractivity contribution in [2.24, 2.45) is 17.8 Å². The van der Waals surface area contributed by atoms with Gasteiger partial charge < -0.3 is 15.0 Å². The lowest BCUT2D eigenvalue weighted by atomic mass is 9.75. The van der Waals surface area contributed by atoms with Crippen molar-refractivity contribution >= 4 is 5.91 Å². The zero-order chi connectivity index (χ0) is 19.6. The normalized spacial score (nSPS) is 21.2. The summed E-state index contributed by atoms with van der Waals surface area (Å²) < 4.78 is 5.90. The number of carbonyl (C=O) groups excluding carboxylic acids is 1. The van der Waals surface area contributed by atoms with Crippen molar-refractivity contribution in [1.82, 2.24) is 5.32 Å². The zero-order valence-electron chi connectivity index (χ0n) is 18.3. The van der Waals surface area contributed by atoms with Crippen LogP contribution < -0.4 is 10.2 Å². The molecule has 0 saturated carbocycles. The van der Waals surface area contributed by atoms with Crippen LogP contribution in [0.5, 0.6) is 0 Å². The van der Waals surface area contributed by atoms with Crippen LogP contribution >= 0.6 is 0 Å². The molecule has 1 rings (SSSR count). The molecule has 0 aromatic heterocycles. The van der Waals surface area contributed by atoms with Crippen LogP contribution in [0.25, 0.3) is 0 Å². The largest absolute Gasteiger partial charge is 0.376 e. The lowest BCUT2D eigenvalue weighted by Gasteiger charge is -2.39. The zero-order valence-corrected chi connectivity index (χ0v) is 18.3. The van der Waals surface area contributed by atoms with Gasteiger partial charge in [0.2, 0.25) is 5.91 Å². The first-order valence-electron chi connectivity index (χ1n) is 11.0. The molecule has 1 saturated heterocycles. The molecule has 0 unspecified atom stereocenters. The Morgan fingerprint density at radius 1 is 1.23 bits per heavy atom. The van der Waals surface area contributed by atoms with Gasteiger partial charge in [-0.3, -0.25) is 4.79 Å². The Morgan fingerprint density at radius 2 is 1.92 bits per heavy atom. The van der Waals surface area contributed by atoms with E-state index in [2.05, 4.69) is 46.9 Å². The molecule has 0 bridgehead atoms. The Labute approximate surface area is 162 Å². The van der Waals surface area contributed by atoms with E-state index in [1.54, 1.807) is 4.90 Å². The van der Waals surface area contributed by atoms with Crippen LogP contribution in [0, 0.1) is 17.8 Å². The third kappa shape index (κ3) is 9.36. The third-order valence-corrected chi connectivity index (χ3v) is 5.99. The second kappa shape index (κ2) is 12.0. The van der Waals surface area contributed by atoms with Crippen LogP contribution in [0.2, 0.25) is 0 Å². The number of ether oxygens (including phenoxy) is 1. The van der Waals surface area contributed by atoms with Gasteiger partial charge in [0.05, 0.1) is 25.2 Å². The minimum atomic E-state index is -0.0397. The number of nitrogens with one attached hydrogen (secondary N) is 2. The van der Waals surface area contributed by atoms with Gasteiger partial charge in [0.25, 0.3) is 0 Å². The van der Waals surface area contributed by atoms with Crippen LogP contribution in [-0.2, 0) is 9.53 Å². The van der Waals surface area contributed by atoms with Crippen molar-refractivity contribution in [3.8, 4) is 0 Å². The first kappa shape index (κ1) is 23.4. The maximum atomic E-state index is 12.5. The molecule has 0 aromatic carbocycles. The van der Waals surface area contributed by atoms with Gasteiger partial charge in [0.15, 0.2) is 0 Å². The lowest BCUT2D eigenvalue weighted by Crippen LogP contribution is -3.11. The fraction of sp³-hybridized carbons (Fsp3) is 0.955. The molecule has 4 nitrogen and oxygen atoms in total. The Hall–Kier alpha value is -0.610. The predicted octanol–water partition coefficient (Wildman–Crippen LogP) is 3.07. The van der Waals surface area contributed by atoms with Crippen LogP contribution in [0.1, 0.15) is 80.1 Å². The van der Waals surface area contributed by atoms with Crippen LogP contribution in [0.3, 0.4) is 0 Å². The number of hydrogen-bond acceptors (Lipinski definition) is 2. The monoisotopic (exact) mass is 369 g/mol. The fourth-order valence-electron chi connectivity index (χ4n) is 4.21. The van der Waals surface area contributed by atoms with E-state index in [0.29, 0.717) is 24.2 Å². The number of amides is 1. The molecule has 0 aromatic rings. The Morgan fingerprint density at radius 3 is 2.50 bits per heavy atom. The smallest absolute Gasteiger partial charge is 0.220 e. The molecule has 0 aliphatic carbocycles. The van der Waals surface area contributed by atoms with Crippen molar-refractivity contribution < 1.29 is 14.4 Å². The second-order valence-electron chi connectivity index (χ2n) is 9.21. The van der Waals surface area contributed by atoms with Gasteiger partial charge in [-0.05, 0) is 64.7 Å². The molecular formula is C22H45N2O2+. The maximum absolute atomic E-state index is 12.5. The van der Waals surface area contributed by atoms with Gasteiger partial charge >= 0.3 is 0 Å². The van der Waals surface area contributed by atoms with E-state index >= 15 is 0 Å². The predicted molar refractivity (Wildman–Crippen MR) is 109 cm³/mol. The van der Waals surface area contributed by atoms with E-state index in [9.17, 15) is 4.79 Å². The number of quaternary nitrogens is 1. The SMILES string of the molecule is CC[NH+](CC)CCCNC(=O)C[C@H](CCC(C)C)[C@@H]1CCOC(C)(C)C1. The number of carbonyl (C=O) groups is 1. The summed E-state index contributed by atoms with van der Waals surface area (Å²) in [7, 11) is 0. The molecule has 1 aliphatic rings. The summed E-state index contributed by atoms with van der Waals surface area (Å²) in [6.45, 7) is 18.5. The molecule has 1 heterocycles. The average molecular weight is 370 g/mol. The summed E-state index contributed by atoms with van der Waals surface area (Å²) in [6, 6.07) is 0. The van der Waals surface area contributed by atoms with Gasteiger partial charge in [0.1, 0.15) is 0 Å². The van der Waals surface area contributed by atoms with E-state index in [0.717, 1.165) is 45.4 Å². The summed E-state index contributed by atoms with van der Waals surface area (Å²) in [6.07, 6.45) is 6.31. The highest BCUT2D eigenvalue weighted by Crippen LogP contribution is 2.37. The van der Waals surface area contributed by atoms with Crippen molar-refractivity contribution in [1.29, 1.82) is 0 Å². The van der Waals surface area contributed by atoms with Gasteiger partial charge in [-0.1, -0.05) is 20.3 Å². The van der Waals surface area contributed by atoms with Crippen LogP contribution in [-0.4, -0.2) is 44.3 Å². The van der Waals surface area contributed by atoms with Crippen molar-refractivity contribution in [2.75, 3.05) is 32.8 Å². The Kier molecular flexibility index (Phi) is 10.8. The van der Waals surface area contributed by atoms with E-state index in [1.807, 2.05) is 0 Å². The molecule has 0 spiro atoms. The highest BCUT2D eigenvalue weighted by molar-refractivity contribution is 5.76. The fourth-order valence-corrected chi connectivity index (χ4v) is 4.21. The van der Waals surface area contributed by atoms with Crippen LogP contribution in [0.4, 0.5) is 0 Å². The molecule has 2 N–H and O–H groups in total. The van der Waals surface area contributed by atoms with E-state index in [4.69, 9.17) is 4.74 Å². The molecule has 1 fully saturated rings. The minimum absolute atomic E-state index is 0.0397. The lowest BCUT2D eigenvalue weighted by molar-refractivity contribution is -0.896. The van der Waals surface area contributed by atoms with Crippen molar-refractivity contribution in [3.05, 3.63) is 0 Å². The van der Waals surface area contributed by atoms with Gasteiger partial charge in [-0.25, -0.2) is 0 Å². The first-order valence-corrected chi connectivity index (χ1v) is 11.0. The van der Waals surface area contributed by atoms with E-state index in [-0.39, 0.29) is 11.5 Å². The molecule has 1 amide bonds. The highest BCUT2D eigenvalue weighted by Gasteiger charge is 2.34.